The summed E-state index contributed by atoms with van der Waals surface area (Å²) in [5.41, 5.74) is 0. The van der Waals surface area contributed by atoms with Crippen molar-refractivity contribution in [2.24, 2.45) is 0 Å². The molecule has 8 nitrogen and oxygen atoms in total. The van der Waals surface area contributed by atoms with Gasteiger partial charge in [-0.2, -0.15) is 8.42 Å². The van der Waals surface area contributed by atoms with Crippen LogP contribution in [0.5, 0.6) is 0 Å². The number of carbonyl (C=O) groups excluding carboxylic acids is 2. The molecule has 0 bridgehead atoms. The van der Waals surface area contributed by atoms with Gasteiger partial charge in [-0.15, -0.1) is 0 Å². The zero-order valence-electron chi connectivity index (χ0n) is 14.8. The van der Waals surface area contributed by atoms with E-state index in [1.54, 1.807) is 4.90 Å². The van der Waals surface area contributed by atoms with Gasteiger partial charge in [-0.05, 0) is 12.5 Å². The summed E-state index contributed by atoms with van der Waals surface area (Å²) < 4.78 is 30.9. The molecule has 0 saturated heterocycles. The normalized spacial score (nSPS) is 11.8. The molecule has 0 aliphatic rings. The summed E-state index contributed by atoms with van der Waals surface area (Å²) in [6, 6.07) is 0. The summed E-state index contributed by atoms with van der Waals surface area (Å²) in [7, 11) is 0.0707. The van der Waals surface area contributed by atoms with Crippen LogP contribution in [0.15, 0.2) is 12.7 Å². The highest BCUT2D eigenvalue weighted by molar-refractivity contribution is 7.85. The van der Waals surface area contributed by atoms with Crippen molar-refractivity contribution < 1.29 is 27.0 Å². The van der Waals surface area contributed by atoms with Crippen molar-refractivity contribution in [3.63, 3.8) is 0 Å². The van der Waals surface area contributed by atoms with Crippen LogP contribution in [0.1, 0.15) is 19.8 Å². The smallest absolute Gasteiger partial charge is 0.264 e. The van der Waals surface area contributed by atoms with Crippen molar-refractivity contribution in [3.8, 4) is 0 Å². The monoisotopic (exact) mass is 364 g/mol. The molecule has 0 radical (unpaired) electrons. The molecule has 0 spiro atoms. The molecule has 0 aromatic heterocycles. The Morgan fingerprint density at radius 3 is 2.33 bits per heavy atom. The molecular formula is C15H30N3O5S+. The second-order valence-corrected chi connectivity index (χ2v) is 7.95. The van der Waals surface area contributed by atoms with E-state index in [4.69, 9.17) is 4.55 Å². The van der Waals surface area contributed by atoms with Gasteiger partial charge < -0.3 is 14.7 Å². The van der Waals surface area contributed by atoms with E-state index in [-0.39, 0.29) is 24.0 Å². The van der Waals surface area contributed by atoms with E-state index in [1.807, 2.05) is 14.1 Å². The Hall–Kier alpha value is -1.45. The minimum absolute atomic E-state index is 0.122. The van der Waals surface area contributed by atoms with Crippen LogP contribution < -0.4 is 5.32 Å². The molecule has 0 aliphatic carbocycles. The molecular weight excluding hydrogens is 334 g/mol. The third-order valence-electron chi connectivity index (χ3n) is 3.68. The van der Waals surface area contributed by atoms with Crippen LogP contribution in [0.2, 0.25) is 0 Å². The van der Waals surface area contributed by atoms with Gasteiger partial charge in [-0.3, -0.25) is 14.1 Å². The number of rotatable bonds is 12. The van der Waals surface area contributed by atoms with Crippen LogP contribution >= 0.6 is 0 Å². The Morgan fingerprint density at radius 1 is 1.21 bits per heavy atom. The zero-order valence-corrected chi connectivity index (χ0v) is 15.6. The van der Waals surface area contributed by atoms with Gasteiger partial charge in [-0.1, -0.05) is 6.58 Å². The van der Waals surface area contributed by atoms with Gasteiger partial charge >= 0.3 is 0 Å². The topological polar surface area (TPSA) is 104 Å². The highest BCUT2D eigenvalue weighted by Crippen LogP contribution is 2.02. The lowest BCUT2D eigenvalue weighted by atomic mass is 10.3. The van der Waals surface area contributed by atoms with Crippen LogP contribution in [0.25, 0.3) is 0 Å². The molecule has 24 heavy (non-hydrogen) atoms. The molecule has 0 saturated carbocycles. The van der Waals surface area contributed by atoms with Crippen LogP contribution in [-0.2, 0) is 19.7 Å². The molecule has 9 heteroatoms. The first-order valence-corrected chi connectivity index (χ1v) is 9.51. The second-order valence-electron chi connectivity index (χ2n) is 6.38. The van der Waals surface area contributed by atoms with Crippen LogP contribution in [0, 0.1) is 0 Å². The van der Waals surface area contributed by atoms with Gasteiger partial charge in [-0.25, -0.2) is 0 Å². The predicted molar refractivity (Wildman–Crippen MR) is 93.0 cm³/mol. The second kappa shape index (κ2) is 10.4. The molecule has 0 atom stereocenters. The predicted octanol–water partition coefficient (Wildman–Crippen LogP) is -0.118. The van der Waals surface area contributed by atoms with Gasteiger partial charge in [0.1, 0.15) is 0 Å². The maximum atomic E-state index is 11.6. The van der Waals surface area contributed by atoms with Crippen LogP contribution in [0.3, 0.4) is 0 Å². The molecule has 2 N–H and O–H groups in total. The summed E-state index contributed by atoms with van der Waals surface area (Å²) in [5, 5.41) is 2.72. The first-order chi connectivity index (χ1) is 11.0. The van der Waals surface area contributed by atoms with E-state index >= 15 is 0 Å². The molecule has 0 unspecified atom stereocenters. The van der Waals surface area contributed by atoms with Crippen LogP contribution in [0.4, 0.5) is 0 Å². The number of carbonyl (C=O) groups is 2. The maximum absolute atomic E-state index is 11.6. The summed E-state index contributed by atoms with van der Waals surface area (Å²) >= 11 is 0. The van der Waals surface area contributed by atoms with Crippen molar-refractivity contribution >= 4 is 21.9 Å². The average molecular weight is 364 g/mol. The van der Waals surface area contributed by atoms with Crippen molar-refractivity contribution in [2.75, 3.05) is 52.6 Å². The SMILES string of the molecule is C=CC(=O)NCCC[N+](C)(C)CCN(CCCS(=O)(=O)O)C(C)=O. The number of hydrogen-bond donors (Lipinski definition) is 2. The van der Waals surface area contributed by atoms with E-state index in [1.165, 1.54) is 13.0 Å². The van der Waals surface area contributed by atoms with Gasteiger partial charge in [0.2, 0.25) is 11.8 Å². The zero-order chi connectivity index (χ0) is 18.8. The fourth-order valence-electron chi connectivity index (χ4n) is 2.16. The highest BCUT2D eigenvalue weighted by Gasteiger charge is 2.18. The van der Waals surface area contributed by atoms with E-state index in [2.05, 4.69) is 11.9 Å². The van der Waals surface area contributed by atoms with Crippen molar-refractivity contribution in [2.45, 2.75) is 19.8 Å². The Labute approximate surface area is 144 Å². The fourth-order valence-corrected chi connectivity index (χ4v) is 2.65. The van der Waals surface area contributed by atoms with E-state index < -0.39 is 10.1 Å². The van der Waals surface area contributed by atoms with Crippen molar-refractivity contribution in [1.82, 2.24) is 10.2 Å². The third-order valence-corrected chi connectivity index (χ3v) is 4.48. The summed E-state index contributed by atoms with van der Waals surface area (Å²) in [6.45, 7) is 7.74. The molecule has 0 rings (SSSR count). The highest BCUT2D eigenvalue weighted by atomic mass is 32.2. The first kappa shape index (κ1) is 22.6. The molecule has 140 valence electrons. The Balaban J connectivity index is 4.23. The Kier molecular flexibility index (Phi) is 9.79. The molecule has 0 aromatic carbocycles. The minimum Gasteiger partial charge on any atom is -0.352 e. The number of amides is 2. The number of hydrogen-bond acceptors (Lipinski definition) is 4. The maximum Gasteiger partial charge on any atom is 0.264 e. The molecule has 0 aromatic rings. The average Bonchev–Trinajstić information content (AvgIpc) is 2.45. The summed E-state index contributed by atoms with van der Waals surface area (Å²) in [6.07, 6.45) is 2.24. The quantitative estimate of drug-likeness (QED) is 0.217. The Morgan fingerprint density at radius 2 is 1.83 bits per heavy atom. The van der Waals surface area contributed by atoms with Gasteiger partial charge in [0.05, 0.1) is 39.5 Å². The number of likely N-dealkylation sites (N-methyl/N-ethyl adjacent to an activating group) is 1. The van der Waals surface area contributed by atoms with E-state index in [0.29, 0.717) is 30.7 Å². The van der Waals surface area contributed by atoms with Gasteiger partial charge in [0.25, 0.3) is 10.1 Å². The lowest BCUT2D eigenvalue weighted by Gasteiger charge is -2.32. The molecule has 2 amide bonds. The molecule has 0 aliphatic heterocycles. The van der Waals surface area contributed by atoms with E-state index in [0.717, 1.165) is 13.0 Å². The molecule has 0 fully saturated rings. The van der Waals surface area contributed by atoms with Gasteiger partial charge in [0.15, 0.2) is 0 Å². The lowest BCUT2D eigenvalue weighted by molar-refractivity contribution is -0.889. The number of quaternary nitrogens is 1. The first-order valence-electron chi connectivity index (χ1n) is 7.90. The largest absolute Gasteiger partial charge is 0.352 e. The van der Waals surface area contributed by atoms with E-state index in [9.17, 15) is 18.0 Å². The molecule has 0 heterocycles. The number of nitrogens with zero attached hydrogens (tertiary/aromatic N) is 2. The summed E-state index contributed by atoms with van der Waals surface area (Å²) in [5.74, 6) is -0.664. The number of nitrogens with one attached hydrogen (secondary N) is 1. The minimum atomic E-state index is -4.00. The fraction of sp³-hybridized carbons (Fsp3) is 0.733. The van der Waals surface area contributed by atoms with Crippen molar-refractivity contribution in [3.05, 3.63) is 12.7 Å². The van der Waals surface area contributed by atoms with Gasteiger partial charge in [0, 0.05) is 26.4 Å². The third kappa shape index (κ3) is 12.0. The Bertz CT molecular complexity index is 531. The lowest BCUT2D eigenvalue weighted by Crippen LogP contribution is -2.47. The van der Waals surface area contributed by atoms with Crippen molar-refractivity contribution in [1.29, 1.82) is 0 Å². The standard InChI is InChI=1S/C15H29N3O5S/c1-5-15(20)16-8-6-11-18(3,4)12-10-17(14(2)19)9-7-13-24(21,22)23/h5H,1,6-13H2,2-4H3,(H-,16,20,21,22,23)/p+1. The van der Waals surface area contributed by atoms with Crippen LogP contribution in [-0.4, -0.2) is 86.7 Å². The summed E-state index contributed by atoms with van der Waals surface area (Å²) in [4.78, 5) is 24.3.